The van der Waals surface area contributed by atoms with Gasteiger partial charge in [0.15, 0.2) is 5.16 Å². The SMILES string of the molecule is Cn1cnnc1SCc1ccc(C(=O)NNC(=O)c2c(F)cccc2Cl)cc1. The highest BCUT2D eigenvalue weighted by Crippen LogP contribution is 2.20. The molecule has 0 saturated heterocycles. The Labute approximate surface area is 169 Å². The molecule has 0 unspecified atom stereocenters. The Morgan fingerprint density at radius 1 is 1.14 bits per heavy atom. The molecule has 0 radical (unpaired) electrons. The van der Waals surface area contributed by atoms with E-state index in [1.165, 1.54) is 23.9 Å². The zero-order valence-electron chi connectivity index (χ0n) is 14.6. The van der Waals surface area contributed by atoms with Gasteiger partial charge in [-0.25, -0.2) is 4.39 Å². The van der Waals surface area contributed by atoms with E-state index in [0.29, 0.717) is 11.3 Å². The first-order valence-corrected chi connectivity index (χ1v) is 9.42. The number of nitrogens with zero attached hydrogens (tertiary/aromatic N) is 3. The third kappa shape index (κ3) is 4.68. The van der Waals surface area contributed by atoms with Gasteiger partial charge >= 0.3 is 0 Å². The van der Waals surface area contributed by atoms with Crippen LogP contribution in [0.1, 0.15) is 26.3 Å². The lowest BCUT2D eigenvalue weighted by molar-refractivity contribution is 0.0844. The van der Waals surface area contributed by atoms with Gasteiger partial charge in [0.05, 0.1) is 10.6 Å². The highest BCUT2D eigenvalue weighted by atomic mass is 35.5. The van der Waals surface area contributed by atoms with Crippen LogP contribution in [0, 0.1) is 5.82 Å². The summed E-state index contributed by atoms with van der Waals surface area (Å²) in [7, 11) is 1.86. The highest BCUT2D eigenvalue weighted by Gasteiger charge is 2.16. The number of thioether (sulfide) groups is 1. The lowest BCUT2D eigenvalue weighted by Gasteiger charge is -2.09. The molecule has 2 amide bonds. The van der Waals surface area contributed by atoms with Crippen molar-refractivity contribution >= 4 is 35.2 Å². The number of rotatable bonds is 5. The van der Waals surface area contributed by atoms with Crippen LogP contribution in [0.15, 0.2) is 53.9 Å². The molecule has 0 bridgehead atoms. The molecule has 2 N–H and O–H groups in total. The second kappa shape index (κ2) is 8.85. The van der Waals surface area contributed by atoms with Gasteiger partial charge in [-0.1, -0.05) is 41.6 Å². The van der Waals surface area contributed by atoms with Crippen LogP contribution in [0.3, 0.4) is 0 Å². The number of hydrogen-bond donors (Lipinski definition) is 2. The molecule has 1 heterocycles. The number of benzene rings is 2. The maximum atomic E-state index is 13.7. The first-order chi connectivity index (χ1) is 13.5. The number of nitrogens with one attached hydrogen (secondary N) is 2. The van der Waals surface area contributed by atoms with Crippen LogP contribution in [0.5, 0.6) is 0 Å². The molecule has 0 aliphatic heterocycles. The van der Waals surface area contributed by atoms with Crippen molar-refractivity contribution in [2.45, 2.75) is 10.9 Å². The van der Waals surface area contributed by atoms with Crippen LogP contribution >= 0.6 is 23.4 Å². The number of halogens is 2. The monoisotopic (exact) mass is 419 g/mol. The van der Waals surface area contributed by atoms with E-state index in [-0.39, 0.29) is 10.6 Å². The van der Waals surface area contributed by atoms with Gasteiger partial charge in [-0.15, -0.1) is 10.2 Å². The number of carbonyl (C=O) groups is 2. The molecule has 1 aromatic heterocycles. The van der Waals surface area contributed by atoms with Gasteiger partial charge in [-0.05, 0) is 29.8 Å². The van der Waals surface area contributed by atoms with Crippen molar-refractivity contribution in [3.8, 4) is 0 Å². The fourth-order valence-corrected chi connectivity index (χ4v) is 3.36. The topological polar surface area (TPSA) is 88.9 Å². The first kappa shape index (κ1) is 19.8. The number of hydrazine groups is 1. The fraction of sp³-hybridized carbons (Fsp3) is 0.111. The molecular formula is C18H15ClFN5O2S. The lowest BCUT2D eigenvalue weighted by Crippen LogP contribution is -2.42. The number of hydrogen-bond acceptors (Lipinski definition) is 5. The third-order valence-corrected chi connectivity index (χ3v) is 5.15. The molecule has 0 aliphatic carbocycles. The van der Waals surface area contributed by atoms with E-state index < -0.39 is 17.6 Å². The Balaban J connectivity index is 1.56. The van der Waals surface area contributed by atoms with Crippen molar-refractivity contribution in [3.05, 3.63) is 76.3 Å². The molecule has 10 heteroatoms. The summed E-state index contributed by atoms with van der Waals surface area (Å²) in [4.78, 5) is 24.2. The summed E-state index contributed by atoms with van der Waals surface area (Å²) in [6, 6.07) is 10.7. The zero-order valence-corrected chi connectivity index (χ0v) is 16.2. The summed E-state index contributed by atoms with van der Waals surface area (Å²) in [5, 5.41) is 8.55. The van der Waals surface area contributed by atoms with Crippen molar-refractivity contribution in [1.82, 2.24) is 25.6 Å². The van der Waals surface area contributed by atoms with Gasteiger partial charge in [-0.2, -0.15) is 0 Å². The van der Waals surface area contributed by atoms with E-state index in [0.717, 1.165) is 16.8 Å². The summed E-state index contributed by atoms with van der Waals surface area (Å²) in [6.45, 7) is 0. The van der Waals surface area contributed by atoms with Crippen LogP contribution in [-0.2, 0) is 12.8 Å². The van der Waals surface area contributed by atoms with Gasteiger partial charge in [0.25, 0.3) is 11.8 Å². The van der Waals surface area contributed by atoms with E-state index in [9.17, 15) is 14.0 Å². The van der Waals surface area contributed by atoms with E-state index in [1.54, 1.807) is 30.6 Å². The minimum absolute atomic E-state index is 0.0449. The lowest BCUT2D eigenvalue weighted by atomic mass is 10.1. The van der Waals surface area contributed by atoms with E-state index >= 15 is 0 Å². The minimum atomic E-state index is -0.840. The molecule has 28 heavy (non-hydrogen) atoms. The van der Waals surface area contributed by atoms with Gasteiger partial charge in [0, 0.05) is 18.4 Å². The predicted molar refractivity (Wildman–Crippen MR) is 103 cm³/mol. The molecule has 0 atom stereocenters. The van der Waals surface area contributed by atoms with Crippen LogP contribution in [0.4, 0.5) is 4.39 Å². The molecule has 2 aromatic carbocycles. The summed E-state index contributed by atoms with van der Waals surface area (Å²) in [6.07, 6.45) is 1.62. The molecule has 144 valence electrons. The first-order valence-electron chi connectivity index (χ1n) is 8.06. The molecule has 3 rings (SSSR count). The summed E-state index contributed by atoms with van der Waals surface area (Å²) in [5.74, 6) is -1.48. The Hall–Kier alpha value is -2.91. The molecule has 0 saturated carbocycles. The number of carbonyl (C=O) groups excluding carboxylic acids is 2. The molecular weight excluding hydrogens is 405 g/mol. The second-order valence-electron chi connectivity index (χ2n) is 5.71. The second-order valence-corrected chi connectivity index (χ2v) is 7.06. The van der Waals surface area contributed by atoms with Crippen molar-refractivity contribution in [2.75, 3.05) is 0 Å². The molecule has 0 fully saturated rings. The van der Waals surface area contributed by atoms with E-state index in [1.807, 2.05) is 11.6 Å². The van der Waals surface area contributed by atoms with Crippen molar-refractivity contribution in [1.29, 1.82) is 0 Å². The normalized spacial score (nSPS) is 10.5. The molecule has 7 nitrogen and oxygen atoms in total. The van der Waals surface area contributed by atoms with Gasteiger partial charge in [0.1, 0.15) is 12.1 Å². The van der Waals surface area contributed by atoms with Gasteiger partial charge in [0.2, 0.25) is 0 Å². The largest absolute Gasteiger partial charge is 0.312 e. The maximum absolute atomic E-state index is 13.7. The van der Waals surface area contributed by atoms with Crippen molar-refractivity contribution < 1.29 is 14.0 Å². The van der Waals surface area contributed by atoms with Gasteiger partial charge < -0.3 is 4.57 Å². The number of aryl methyl sites for hydroxylation is 1. The van der Waals surface area contributed by atoms with Crippen LogP contribution in [0.25, 0.3) is 0 Å². The van der Waals surface area contributed by atoms with Crippen LogP contribution in [0.2, 0.25) is 5.02 Å². The smallest absolute Gasteiger partial charge is 0.274 e. The Kier molecular flexibility index (Phi) is 6.27. The fourth-order valence-electron chi connectivity index (χ4n) is 2.27. The summed E-state index contributed by atoms with van der Waals surface area (Å²) < 4.78 is 15.5. The molecule has 0 aliphatic rings. The average molecular weight is 420 g/mol. The number of amides is 2. The summed E-state index contributed by atoms with van der Waals surface area (Å²) in [5.41, 5.74) is 5.40. The van der Waals surface area contributed by atoms with E-state index in [2.05, 4.69) is 21.0 Å². The van der Waals surface area contributed by atoms with Gasteiger partial charge in [-0.3, -0.25) is 20.4 Å². The number of aromatic nitrogens is 3. The minimum Gasteiger partial charge on any atom is -0.312 e. The Bertz CT molecular complexity index is 989. The predicted octanol–water partition coefficient (Wildman–Crippen LogP) is 2.97. The van der Waals surface area contributed by atoms with Crippen LogP contribution in [-0.4, -0.2) is 26.6 Å². The Morgan fingerprint density at radius 2 is 1.86 bits per heavy atom. The highest BCUT2D eigenvalue weighted by molar-refractivity contribution is 7.98. The quantitative estimate of drug-likeness (QED) is 0.490. The third-order valence-electron chi connectivity index (χ3n) is 3.73. The van der Waals surface area contributed by atoms with Crippen molar-refractivity contribution in [3.63, 3.8) is 0 Å². The Morgan fingerprint density at radius 3 is 2.50 bits per heavy atom. The standard InChI is InChI=1S/C18H15ClFN5O2S/c1-25-10-21-24-18(25)28-9-11-5-7-12(8-6-11)16(26)22-23-17(27)15-13(19)3-2-4-14(15)20/h2-8,10H,9H2,1H3,(H,22,26)(H,23,27). The summed E-state index contributed by atoms with van der Waals surface area (Å²) >= 11 is 7.34. The van der Waals surface area contributed by atoms with Crippen molar-refractivity contribution in [2.24, 2.45) is 7.05 Å². The van der Waals surface area contributed by atoms with Crippen LogP contribution < -0.4 is 10.9 Å². The van der Waals surface area contributed by atoms with E-state index in [4.69, 9.17) is 11.6 Å². The average Bonchev–Trinajstić information content (AvgIpc) is 3.09. The molecule has 0 spiro atoms. The molecule has 3 aromatic rings. The maximum Gasteiger partial charge on any atom is 0.274 e. The zero-order chi connectivity index (χ0) is 20.1.